The summed E-state index contributed by atoms with van der Waals surface area (Å²) in [6.45, 7) is 0. The second kappa shape index (κ2) is 10.2. The average Bonchev–Trinajstić information content (AvgIpc) is 2.24. The molecular formula is C7H14Cl6Sn2. The number of rotatable bonds is 0. The van der Waals surface area contributed by atoms with Crippen LogP contribution in [0.25, 0.3) is 0 Å². The molecule has 0 aromatic carbocycles. The molecule has 0 bridgehead atoms. The monoisotopic (exact) mass is 548 g/mol. The van der Waals surface area contributed by atoms with Crippen molar-refractivity contribution in [3.05, 3.63) is 0 Å². The molecule has 1 rings (SSSR count). The Bertz CT molecular complexity index is 113. The van der Waals surface area contributed by atoms with Gasteiger partial charge in [-0.3, -0.25) is 0 Å². The van der Waals surface area contributed by atoms with E-state index in [4.69, 9.17) is 69.6 Å². The predicted molar refractivity (Wildman–Crippen MR) is 82.2 cm³/mol. The van der Waals surface area contributed by atoms with Gasteiger partial charge >= 0.3 is 51.4 Å². The Labute approximate surface area is 151 Å². The van der Waals surface area contributed by atoms with Crippen LogP contribution in [0.4, 0.5) is 0 Å². The first-order chi connectivity index (χ1) is 6.46. The van der Waals surface area contributed by atoms with Gasteiger partial charge in [0.05, 0.1) is 32.3 Å². The summed E-state index contributed by atoms with van der Waals surface area (Å²) in [5, 5.41) is -2.62. The van der Waals surface area contributed by atoms with E-state index >= 15 is 0 Å². The van der Waals surface area contributed by atoms with E-state index in [0.29, 0.717) is 0 Å². The summed E-state index contributed by atoms with van der Waals surface area (Å²) in [6, 6.07) is 0. The van der Waals surface area contributed by atoms with Crippen LogP contribution in [0.2, 0.25) is 4.94 Å². The van der Waals surface area contributed by atoms with Crippen molar-refractivity contribution in [1.29, 1.82) is 0 Å². The van der Waals surface area contributed by atoms with Crippen molar-refractivity contribution in [3.8, 4) is 0 Å². The van der Waals surface area contributed by atoms with Gasteiger partial charge in [0.1, 0.15) is 0 Å². The standard InChI is InChI=1S/C6H6Cl6.CH3.2Sn.5H/c7-1-2(8)4(10)6(12)5(11)3(1)9;;;;;;;;/h1-6H;1H3;;;;;;;. The number of hydrogen-bond acceptors (Lipinski definition) is 0. The molecule has 0 heterocycles. The summed E-state index contributed by atoms with van der Waals surface area (Å²) >= 11 is 36.4. The van der Waals surface area contributed by atoms with Crippen molar-refractivity contribution in [2.24, 2.45) is 0 Å². The van der Waals surface area contributed by atoms with Crippen LogP contribution in [0.5, 0.6) is 0 Å². The third kappa shape index (κ3) is 5.46. The van der Waals surface area contributed by atoms with E-state index in [1.807, 2.05) is 0 Å². The normalized spacial score (nSPS) is 44.8. The Morgan fingerprint density at radius 2 is 0.600 bits per heavy atom. The van der Waals surface area contributed by atoms with Crippen molar-refractivity contribution in [2.45, 2.75) is 37.2 Å². The predicted octanol–water partition coefficient (Wildman–Crippen LogP) is 2.13. The molecule has 0 amide bonds. The molecule has 1 fully saturated rings. The van der Waals surface area contributed by atoms with E-state index in [9.17, 15) is 0 Å². The fourth-order valence-corrected chi connectivity index (χ4v) is 3.38. The quantitative estimate of drug-likeness (QED) is 0.322. The van der Waals surface area contributed by atoms with Crippen LogP contribution in [0.15, 0.2) is 0 Å². The van der Waals surface area contributed by atoms with Crippen LogP contribution in [-0.2, 0) is 0 Å². The van der Waals surface area contributed by atoms with Gasteiger partial charge in [0, 0.05) is 0 Å². The molecule has 0 saturated heterocycles. The van der Waals surface area contributed by atoms with E-state index in [0.717, 1.165) is 22.5 Å². The van der Waals surface area contributed by atoms with E-state index in [1.165, 1.54) is 0 Å². The molecule has 92 valence electrons. The Hall–Kier alpha value is 3.34. The number of hydrogen-bond donors (Lipinski definition) is 0. The zero-order valence-electron chi connectivity index (χ0n) is 8.44. The molecule has 0 aromatic heterocycles. The molecule has 0 N–H and O–H groups in total. The van der Waals surface area contributed by atoms with Crippen molar-refractivity contribution < 1.29 is 0 Å². The Balaban J connectivity index is 0. The van der Waals surface area contributed by atoms with Gasteiger partial charge in [-0.1, -0.05) is 0 Å². The van der Waals surface area contributed by atoms with Gasteiger partial charge in [-0.05, 0) is 0 Å². The van der Waals surface area contributed by atoms with E-state index < -0.39 is 32.3 Å². The summed E-state index contributed by atoms with van der Waals surface area (Å²) in [5.41, 5.74) is 0. The van der Waals surface area contributed by atoms with Crippen molar-refractivity contribution in [3.63, 3.8) is 0 Å². The molecule has 0 unspecified atom stereocenters. The molecule has 2 radical (unpaired) electrons. The zero-order valence-corrected chi connectivity index (χ0v) is 22.7. The molecule has 0 aliphatic heterocycles. The Morgan fingerprint density at radius 3 is 0.667 bits per heavy atom. The molecule has 0 atom stereocenters. The van der Waals surface area contributed by atoms with E-state index in [1.54, 1.807) is 0 Å². The molecule has 1 saturated carbocycles. The van der Waals surface area contributed by atoms with Crippen molar-refractivity contribution >= 4 is 116 Å². The molecule has 0 spiro atoms. The summed E-state index contributed by atoms with van der Waals surface area (Å²) in [4.78, 5) is 2.17. The molecule has 1 aliphatic carbocycles. The second-order valence-corrected chi connectivity index (χ2v) is 5.69. The van der Waals surface area contributed by atoms with Crippen LogP contribution < -0.4 is 0 Å². The maximum atomic E-state index is 5.88. The molecule has 1 aliphatic rings. The third-order valence-corrected chi connectivity index (χ3v) is 5.86. The fraction of sp³-hybridized carbons (Fsp3) is 1.00. The molecule has 15 heavy (non-hydrogen) atoms. The minimum absolute atomic E-state index is 0. The van der Waals surface area contributed by atoms with Crippen LogP contribution in [0.1, 0.15) is 0 Å². The molecule has 0 nitrogen and oxygen atoms in total. The first-order valence-electron chi connectivity index (χ1n) is 4.02. The molecule has 0 aromatic rings. The van der Waals surface area contributed by atoms with Gasteiger partial charge in [0.2, 0.25) is 0 Å². The SMILES string of the molecule is ClC1C(Cl)C(Cl)C(Cl)C(Cl)C1Cl.[CH3][SnH2].[SnH3]. The van der Waals surface area contributed by atoms with Crippen LogP contribution >= 0.6 is 69.6 Å². The summed E-state index contributed by atoms with van der Waals surface area (Å²) in [6.07, 6.45) is 0. The topological polar surface area (TPSA) is 0 Å². The number of alkyl halides is 6. The fourth-order valence-electron chi connectivity index (χ4n) is 1.05. The third-order valence-electron chi connectivity index (χ3n) is 1.83. The van der Waals surface area contributed by atoms with Crippen molar-refractivity contribution in [1.82, 2.24) is 0 Å². The summed E-state index contributed by atoms with van der Waals surface area (Å²) in [5.74, 6) is 0. The summed E-state index contributed by atoms with van der Waals surface area (Å²) < 4.78 is 0. The van der Waals surface area contributed by atoms with Crippen LogP contribution in [-0.4, -0.2) is 78.7 Å². The van der Waals surface area contributed by atoms with Gasteiger partial charge in [0.25, 0.3) is 0 Å². The van der Waals surface area contributed by atoms with Crippen LogP contribution in [0, 0.1) is 0 Å². The van der Waals surface area contributed by atoms with Gasteiger partial charge < -0.3 is 0 Å². The second-order valence-electron chi connectivity index (χ2n) is 2.67. The summed E-state index contributed by atoms with van der Waals surface area (Å²) in [7, 11) is 0. The first-order valence-corrected chi connectivity index (χ1v) is 10.7. The Morgan fingerprint density at radius 1 is 0.533 bits per heavy atom. The minimum atomic E-state index is -0.437. The van der Waals surface area contributed by atoms with Gasteiger partial charge in [0.15, 0.2) is 0 Å². The van der Waals surface area contributed by atoms with Gasteiger partial charge in [-0.15, -0.1) is 69.6 Å². The zero-order chi connectivity index (χ0) is 11.5. The van der Waals surface area contributed by atoms with Crippen molar-refractivity contribution in [2.75, 3.05) is 0 Å². The van der Waals surface area contributed by atoms with E-state index in [-0.39, 0.29) is 23.9 Å². The maximum absolute atomic E-state index is 5.88. The molecule has 8 heteroatoms. The van der Waals surface area contributed by atoms with E-state index in [2.05, 4.69) is 4.94 Å². The number of halogens is 6. The molecular weight excluding hydrogens is 534 g/mol. The first kappa shape index (κ1) is 20.7. The Kier molecular flexibility index (Phi) is 14.0. The van der Waals surface area contributed by atoms with Crippen LogP contribution in [0.3, 0.4) is 0 Å². The van der Waals surface area contributed by atoms with Gasteiger partial charge in [-0.2, -0.15) is 0 Å². The average molecular weight is 548 g/mol. The van der Waals surface area contributed by atoms with Gasteiger partial charge in [-0.25, -0.2) is 0 Å².